The Labute approximate surface area is 191 Å². The molecule has 1 N–H and O–H groups in total. The molecular weight excluding hydrogens is 420 g/mol. The normalized spacial score (nSPS) is 11.3. The summed E-state index contributed by atoms with van der Waals surface area (Å²) in [5, 5.41) is 1.47. The first-order valence-electron chi connectivity index (χ1n) is 10.6. The highest BCUT2D eigenvalue weighted by atomic mass is 32.1. The first-order chi connectivity index (χ1) is 15.3. The van der Waals surface area contributed by atoms with Crippen LogP contribution in [0.5, 0.6) is 0 Å². The topological polar surface area (TPSA) is 79.0 Å². The number of aromatic nitrogens is 3. The van der Waals surface area contributed by atoms with Crippen LogP contribution in [0, 0.1) is 13.8 Å². The number of nitrogens with one attached hydrogen (secondary N) is 1. The summed E-state index contributed by atoms with van der Waals surface area (Å²) in [6, 6.07) is 15.4. The van der Waals surface area contributed by atoms with E-state index in [0.29, 0.717) is 16.7 Å². The van der Waals surface area contributed by atoms with Crippen LogP contribution in [0.1, 0.15) is 35.1 Å². The average molecular weight is 447 g/mol. The smallest absolute Gasteiger partial charge is 0.258 e. The number of thiazole rings is 1. The van der Waals surface area contributed by atoms with E-state index in [1.54, 1.807) is 22.3 Å². The second kappa shape index (κ2) is 9.04. The molecule has 0 aliphatic carbocycles. The van der Waals surface area contributed by atoms with Gasteiger partial charge in [0.1, 0.15) is 5.82 Å². The van der Waals surface area contributed by atoms with Crippen LogP contribution in [0.15, 0.2) is 53.3 Å². The molecule has 0 radical (unpaired) electrons. The maximum Gasteiger partial charge on any atom is 0.258 e. The number of nitrogens with zero attached hydrogens (tertiary/aromatic N) is 3. The van der Waals surface area contributed by atoms with E-state index in [4.69, 9.17) is 0 Å². The minimum atomic E-state index is -0.193. The molecule has 4 aromatic rings. The van der Waals surface area contributed by atoms with Crippen molar-refractivity contribution in [3.05, 3.63) is 80.2 Å². The second-order valence-electron chi connectivity index (χ2n) is 8.19. The van der Waals surface area contributed by atoms with Gasteiger partial charge in [-0.15, -0.1) is 11.3 Å². The lowest BCUT2D eigenvalue weighted by molar-refractivity contribution is -0.132. The van der Waals surface area contributed by atoms with Crippen LogP contribution in [0.2, 0.25) is 0 Å². The predicted molar refractivity (Wildman–Crippen MR) is 129 cm³/mol. The Bertz CT molecular complexity index is 1320. The Morgan fingerprint density at radius 2 is 1.78 bits per heavy atom. The molecule has 0 spiro atoms. The number of amides is 1. The molecule has 2 aromatic carbocycles. The Kier molecular flexibility index (Phi) is 6.19. The van der Waals surface area contributed by atoms with Gasteiger partial charge in [-0.3, -0.25) is 9.59 Å². The molecule has 0 aliphatic heterocycles. The first-order valence-corrected chi connectivity index (χ1v) is 11.4. The van der Waals surface area contributed by atoms with Gasteiger partial charge in [0.05, 0.1) is 34.6 Å². The van der Waals surface area contributed by atoms with Gasteiger partial charge in [-0.2, -0.15) is 0 Å². The number of carbonyl (C=O) groups excluding carboxylic acids is 1. The summed E-state index contributed by atoms with van der Waals surface area (Å²) < 4.78 is 0. The van der Waals surface area contributed by atoms with Gasteiger partial charge in [0.25, 0.3) is 5.56 Å². The summed E-state index contributed by atoms with van der Waals surface area (Å²) in [4.78, 5) is 40.6. The van der Waals surface area contributed by atoms with Crippen LogP contribution in [-0.4, -0.2) is 31.8 Å². The molecule has 0 saturated heterocycles. The van der Waals surface area contributed by atoms with Crippen molar-refractivity contribution in [2.45, 2.75) is 46.7 Å². The molecule has 0 unspecified atom stereocenters. The van der Waals surface area contributed by atoms with Crippen molar-refractivity contribution >= 4 is 28.1 Å². The summed E-state index contributed by atoms with van der Waals surface area (Å²) in [6.45, 7) is 8.19. The highest BCUT2D eigenvalue weighted by molar-refractivity contribution is 7.12. The molecule has 0 atom stereocenters. The summed E-state index contributed by atoms with van der Waals surface area (Å²) in [6.07, 6.45) is 0.255. The lowest BCUT2D eigenvalue weighted by Crippen LogP contribution is -2.38. The average Bonchev–Trinajstić information content (AvgIpc) is 3.12. The van der Waals surface area contributed by atoms with Crippen molar-refractivity contribution in [3.8, 4) is 11.3 Å². The van der Waals surface area contributed by atoms with Crippen molar-refractivity contribution in [2.24, 2.45) is 0 Å². The van der Waals surface area contributed by atoms with Gasteiger partial charge in [-0.25, -0.2) is 9.97 Å². The highest BCUT2D eigenvalue weighted by Gasteiger charge is 2.22. The third kappa shape index (κ3) is 4.62. The molecule has 164 valence electrons. The number of hydrogen-bond donors (Lipinski definition) is 1. The van der Waals surface area contributed by atoms with E-state index >= 15 is 0 Å². The van der Waals surface area contributed by atoms with Crippen molar-refractivity contribution in [1.29, 1.82) is 0 Å². The SMILES string of the molecule is Cc1ccc(-c2nc(C)sc2CC(=O)N(Cc2nc3ccccc3c(=O)[nH]2)C(C)C)cc1. The molecule has 4 rings (SSSR count). The molecule has 1 amide bonds. The Morgan fingerprint density at radius 3 is 2.50 bits per heavy atom. The monoisotopic (exact) mass is 446 g/mol. The van der Waals surface area contributed by atoms with Gasteiger partial charge >= 0.3 is 0 Å². The number of para-hydroxylation sites is 1. The fourth-order valence-corrected chi connectivity index (χ4v) is 4.64. The molecule has 7 heteroatoms. The van der Waals surface area contributed by atoms with Gasteiger partial charge in [-0.1, -0.05) is 42.0 Å². The first kappa shape index (κ1) is 21.9. The number of carbonyl (C=O) groups is 1. The van der Waals surface area contributed by atoms with Gasteiger partial charge < -0.3 is 9.88 Å². The van der Waals surface area contributed by atoms with E-state index in [-0.39, 0.29) is 30.5 Å². The largest absolute Gasteiger partial charge is 0.332 e. The number of H-pyrrole nitrogens is 1. The number of rotatable bonds is 6. The van der Waals surface area contributed by atoms with Crippen LogP contribution in [0.4, 0.5) is 0 Å². The maximum absolute atomic E-state index is 13.3. The van der Waals surface area contributed by atoms with Crippen LogP contribution in [0.3, 0.4) is 0 Å². The third-order valence-electron chi connectivity index (χ3n) is 5.37. The number of aromatic amines is 1. The minimum absolute atomic E-state index is 0.0205. The van der Waals surface area contributed by atoms with Gasteiger partial charge in [0.15, 0.2) is 0 Å². The molecule has 0 saturated carbocycles. The zero-order valence-corrected chi connectivity index (χ0v) is 19.5. The lowest BCUT2D eigenvalue weighted by atomic mass is 10.1. The summed E-state index contributed by atoms with van der Waals surface area (Å²) >= 11 is 1.55. The Morgan fingerprint density at radius 1 is 1.06 bits per heavy atom. The Hall–Kier alpha value is -3.32. The van der Waals surface area contributed by atoms with E-state index in [9.17, 15) is 9.59 Å². The summed E-state index contributed by atoms with van der Waals surface area (Å²) in [5.41, 5.74) is 3.49. The van der Waals surface area contributed by atoms with Gasteiger partial charge in [0.2, 0.25) is 5.91 Å². The quantitative estimate of drug-likeness (QED) is 0.468. The predicted octanol–water partition coefficient (Wildman–Crippen LogP) is 4.64. The van der Waals surface area contributed by atoms with Crippen LogP contribution < -0.4 is 5.56 Å². The standard InChI is InChI=1S/C25H26N4O2S/c1-15(2)29(14-22-27-20-8-6-5-7-19(20)25(31)28-22)23(30)13-21-24(26-17(4)32-21)18-11-9-16(3)10-12-18/h5-12,15H,13-14H2,1-4H3,(H,27,28,31). The number of fused-ring (bicyclic) bond motifs is 1. The molecule has 0 aliphatic rings. The van der Waals surface area contributed by atoms with Crippen molar-refractivity contribution in [1.82, 2.24) is 19.9 Å². The third-order valence-corrected chi connectivity index (χ3v) is 6.34. The fourth-order valence-electron chi connectivity index (χ4n) is 3.69. The Balaban J connectivity index is 1.60. The molecule has 0 bridgehead atoms. The molecule has 32 heavy (non-hydrogen) atoms. The molecule has 2 aromatic heterocycles. The summed E-state index contributed by atoms with van der Waals surface area (Å²) in [5.74, 6) is 0.461. The summed E-state index contributed by atoms with van der Waals surface area (Å²) in [7, 11) is 0. The van der Waals surface area contributed by atoms with Crippen molar-refractivity contribution < 1.29 is 4.79 Å². The lowest BCUT2D eigenvalue weighted by Gasteiger charge is -2.26. The number of hydrogen-bond acceptors (Lipinski definition) is 5. The van der Waals surface area contributed by atoms with Crippen molar-refractivity contribution in [2.75, 3.05) is 0 Å². The second-order valence-corrected chi connectivity index (χ2v) is 9.48. The highest BCUT2D eigenvalue weighted by Crippen LogP contribution is 2.29. The molecule has 6 nitrogen and oxygen atoms in total. The van der Waals surface area contributed by atoms with E-state index in [1.807, 2.05) is 58.0 Å². The molecule has 0 fully saturated rings. The van der Waals surface area contributed by atoms with E-state index < -0.39 is 0 Å². The zero-order chi connectivity index (χ0) is 22.8. The minimum Gasteiger partial charge on any atom is -0.332 e. The van der Waals surface area contributed by atoms with E-state index in [1.165, 1.54) is 5.56 Å². The van der Waals surface area contributed by atoms with Crippen LogP contribution >= 0.6 is 11.3 Å². The van der Waals surface area contributed by atoms with E-state index in [0.717, 1.165) is 21.1 Å². The van der Waals surface area contributed by atoms with E-state index in [2.05, 4.69) is 27.1 Å². The van der Waals surface area contributed by atoms with Gasteiger partial charge in [-0.05, 0) is 39.8 Å². The maximum atomic E-state index is 13.3. The fraction of sp³-hybridized carbons (Fsp3) is 0.280. The number of aryl methyl sites for hydroxylation is 2. The van der Waals surface area contributed by atoms with Crippen molar-refractivity contribution in [3.63, 3.8) is 0 Å². The van der Waals surface area contributed by atoms with Gasteiger partial charge in [0, 0.05) is 16.5 Å². The molecule has 2 heterocycles. The van der Waals surface area contributed by atoms with Crippen LogP contribution in [0.25, 0.3) is 22.2 Å². The molecular formula is C25H26N4O2S. The zero-order valence-electron chi connectivity index (χ0n) is 18.7. The van der Waals surface area contributed by atoms with Crippen LogP contribution in [-0.2, 0) is 17.8 Å². The number of benzene rings is 2.